The van der Waals surface area contributed by atoms with Crippen LogP contribution in [-0.2, 0) is 14.8 Å². The molecule has 1 N–H and O–H groups in total. The number of carbonyl (C=O) groups is 1. The number of sulfonamides is 1. The van der Waals surface area contributed by atoms with Crippen LogP contribution >= 0.6 is 15.9 Å². The molecular weight excluding hydrogens is 486 g/mol. The van der Waals surface area contributed by atoms with Crippen LogP contribution in [0.15, 0.2) is 76.4 Å². The van der Waals surface area contributed by atoms with E-state index in [1.165, 1.54) is 38.7 Å². The second kappa shape index (κ2) is 9.80. The van der Waals surface area contributed by atoms with Gasteiger partial charge in [-0.05, 0) is 36.4 Å². The van der Waals surface area contributed by atoms with E-state index in [2.05, 4.69) is 26.2 Å². The molecule has 0 bridgehead atoms. The number of para-hydroxylation sites is 2. The van der Waals surface area contributed by atoms with E-state index < -0.39 is 22.5 Å². The Morgan fingerprint density at radius 3 is 2.39 bits per heavy atom. The molecule has 10 heteroatoms. The van der Waals surface area contributed by atoms with Gasteiger partial charge in [0.2, 0.25) is 5.91 Å². The van der Waals surface area contributed by atoms with Crippen LogP contribution in [0, 0.1) is 0 Å². The number of methoxy groups -OCH3 is 2. The van der Waals surface area contributed by atoms with Crippen molar-refractivity contribution in [3.63, 3.8) is 0 Å². The van der Waals surface area contributed by atoms with Crippen molar-refractivity contribution in [2.75, 3.05) is 30.4 Å². The molecular formula is C21H20BrN3O5S. The number of halogens is 1. The molecule has 162 valence electrons. The Labute approximate surface area is 189 Å². The van der Waals surface area contributed by atoms with Crippen molar-refractivity contribution in [3.8, 4) is 11.5 Å². The zero-order valence-electron chi connectivity index (χ0n) is 16.8. The molecule has 0 spiro atoms. The lowest BCUT2D eigenvalue weighted by molar-refractivity contribution is -0.114. The van der Waals surface area contributed by atoms with Gasteiger partial charge in [0.1, 0.15) is 23.7 Å². The average molecular weight is 506 g/mol. The summed E-state index contributed by atoms with van der Waals surface area (Å²) in [4.78, 5) is 16.8. The number of pyridine rings is 1. The number of carbonyl (C=O) groups excluding carboxylic acids is 1. The first kappa shape index (κ1) is 22.6. The van der Waals surface area contributed by atoms with Gasteiger partial charge in [0.15, 0.2) is 0 Å². The van der Waals surface area contributed by atoms with E-state index in [-0.39, 0.29) is 10.6 Å². The quantitative estimate of drug-likeness (QED) is 0.501. The van der Waals surface area contributed by atoms with Gasteiger partial charge in [-0.2, -0.15) is 0 Å². The molecule has 8 nitrogen and oxygen atoms in total. The molecule has 0 unspecified atom stereocenters. The van der Waals surface area contributed by atoms with Crippen LogP contribution in [0.1, 0.15) is 0 Å². The average Bonchev–Trinajstić information content (AvgIpc) is 2.78. The van der Waals surface area contributed by atoms with Crippen molar-refractivity contribution in [3.05, 3.63) is 71.5 Å². The second-order valence-corrected chi connectivity index (χ2v) is 9.04. The van der Waals surface area contributed by atoms with E-state index in [4.69, 9.17) is 9.47 Å². The fourth-order valence-electron chi connectivity index (χ4n) is 2.84. The van der Waals surface area contributed by atoms with Crippen LogP contribution in [0.3, 0.4) is 0 Å². The molecule has 1 aromatic heterocycles. The number of rotatable bonds is 8. The third-order valence-electron chi connectivity index (χ3n) is 4.32. The van der Waals surface area contributed by atoms with Crippen LogP contribution in [0.4, 0.5) is 11.4 Å². The Kier molecular flexibility index (Phi) is 7.13. The fraction of sp³-hybridized carbons (Fsp3) is 0.143. The van der Waals surface area contributed by atoms with Crippen molar-refractivity contribution < 1.29 is 22.7 Å². The molecule has 2 aromatic carbocycles. The van der Waals surface area contributed by atoms with E-state index in [1.54, 1.807) is 42.5 Å². The smallest absolute Gasteiger partial charge is 0.264 e. The minimum absolute atomic E-state index is 0.0355. The maximum absolute atomic E-state index is 13.5. The zero-order chi connectivity index (χ0) is 22.4. The van der Waals surface area contributed by atoms with Crippen molar-refractivity contribution in [1.82, 2.24) is 4.98 Å². The summed E-state index contributed by atoms with van der Waals surface area (Å²) in [6, 6.07) is 14.3. The number of nitrogens with one attached hydrogen (secondary N) is 1. The number of aromatic nitrogens is 1. The third-order valence-corrected chi connectivity index (χ3v) is 6.62. The highest BCUT2D eigenvalue weighted by Gasteiger charge is 2.29. The number of amides is 1. The zero-order valence-corrected chi connectivity index (χ0v) is 19.2. The van der Waals surface area contributed by atoms with E-state index in [1.807, 2.05) is 0 Å². The van der Waals surface area contributed by atoms with Gasteiger partial charge >= 0.3 is 0 Å². The molecule has 0 aliphatic heterocycles. The molecule has 0 aliphatic carbocycles. The van der Waals surface area contributed by atoms with E-state index >= 15 is 0 Å². The first-order chi connectivity index (χ1) is 14.9. The highest BCUT2D eigenvalue weighted by Crippen LogP contribution is 2.32. The summed E-state index contributed by atoms with van der Waals surface area (Å²) in [7, 11) is -1.18. The molecule has 0 aliphatic rings. The first-order valence-electron chi connectivity index (χ1n) is 9.06. The fourth-order valence-corrected chi connectivity index (χ4v) is 4.54. The summed E-state index contributed by atoms with van der Waals surface area (Å²) in [6.07, 6.45) is 2.95. The summed E-state index contributed by atoms with van der Waals surface area (Å²) >= 11 is 3.30. The largest absolute Gasteiger partial charge is 0.495 e. The molecule has 3 rings (SSSR count). The minimum Gasteiger partial charge on any atom is -0.495 e. The third kappa shape index (κ3) is 5.15. The van der Waals surface area contributed by atoms with E-state index in [0.717, 1.165) is 8.78 Å². The van der Waals surface area contributed by atoms with Crippen LogP contribution in [0.25, 0.3) is 0 Å². The Balaban J connectivity index is 2.00. The highest BCUT2D eigenvalue weighted by molar-refractivity contribution is 9.10. The van der Waals surface area contributed by atoms with Crippen molar-refractivity contribution >= 4 is 43.2 Å². The number of hydrogen-bond donors (Lipinski definition) is 1. The van der Waals surface area contributed by atoms with Gasteiger partial charge in [-0.25, -0.2) is 8.42 Å². The van der Waals surface area contributed by atoms with Crippen LogP contribution in [0.2, 0.25) is 0 Å². The van der Waals surface area contributed by atoms with Crippen molar-refractivity contribution in [1.29, 1.82) is 0 Å². The van der Waals surface area contributed by atoms with Gasteiger partial charge in [0.05, 0.1) is 31.0 Å². The van der Waals surface area contributed by atoms with E-state index in [9.17, 15) is 13.2 Å². The molecule has 0 fully saturated rings. The van der Waals surface area contributed by atoms with Crippen LogP contribution < -0.4 is 19.1 Å². The number of anilines is 2. The topological polar surface area (TPSA) is 97.8 Å². The maximum atomic E-state index is 13.5. The lowest BCUT2D eigenvalue weighted by Crippen LogP contribution is -2.38. The summed E-state index contributed by atoms with van der Waals surface area (Å²) in [6.45, 7) is -0.489. The van der Waals surface area contributed by atoms with Gasteiger partial charge < -0.3 is 14.8 Å². The number of hydrogen-bond acceptors (Lipinski definition) is 6. The standard InChI is InChI=1S/C21H20BrN3O5S/c1-29-19-11-12-23-13-17(19)24-21(26)14-25(18-5-3-4-6-20(18)30-2)31(27,28)16-9-7-15(22)8-10-16/h3-13H,14H2,1-2H3,(H,24,26). The Morgan fingerprint density at radius 2 is 1.71 bits per heavy atom. The van der Waals surface area contributed by atoms with Crippen molar-refractivity contribution in [2.24, 2.45) is 0 Å². The first-order valence-corrected chi connectivity index (χ1v) is 11.3. The lowest BCUT2D eigenvalue weighted by atomic mass is 10.3. The molecule has 0 saturated carbocycles. The summed E-state index contributed by atoms with van der Waals surface area (Å²) in [5, 5.41) is 2.65. The van der Waals surface area contributed by atoms with Gasteiger partial charge in [-0.1, -0.05) is 28.1 Å². The molecule has 0 saturated heterocycles. The Hall–Kier alpha value is -3.11. The normalized spacial score (nSPS) is 10.9. The molecule has 0 atom stereocenters. The summed E-state index contributed by atoms with van der Waals surface area (Å²) < 4.78 is 39.2. The molecule has 0 radical (unpaired) electrons. The lowest BCUT2D eigenvalue weighted by Gasteiger charge is -2.25. The highest BCUT2D eigenvalue weighted by atomic mass is 79.9. The minimum atomic E-state index is -4.08. The summed E-state index contributed by atoms with van der Waals surface area (Å²) in [5.41, 5.74) is 0.567. The molecule has 1 heterocycles. The van der Waals surface area contributed by atoms with E-state index in [0.29, 0.717) is 17.2 Å². The predicted molar refractivity (Wildman–Crippen MR) is 121 cm³/mol. The number of nitrogens with zero attached hydrogens (tertiary/aromatic N) is 2. The predicted octanol–water partition coefficient (Wildman–Crippen LogP) is 3.70. The molecule has 1 amide bonds. The number of benzene rings is 2. The second-order valence-electron chi connectivity index (χ2n) is 6.26. The SMILES string of the molecule is COc1ccncc1NC(=O)CN(c1ccccc1OC)S(=O)(=O)c1ccc(Br)cc1. The summed E-state index contributed by atoms with van der Waals surface area (Å²) in [5.74, 6) is 0.149. The van der Waals surface area contributed by atoms with Gasteiger partial charge in [0.25, 0.3) is 10.0 Å². The Morgan fingerprint density at radius 1 is 1.03 bits per heavy atom. The van der Waals surface area contributed by atoms with Crippen LogP contribution in [0.5, 0.6) is 11.5 Å². The van der Waals surface area contributed by atoms with Gasteiger partial charge in [0, 0.05) is 16.7 Å². The van der Waals surface area contributed by atoms with Gasteiger partial charge in [-0.15, -0.1) is 0 Å². The van der Waals surface area contributed by atoms with Crippen LogP contribution in [-0.4, -0.2) is 40.1 Å². The molecule has 3 aromatic rings. The van der Waals surface area contributed by atoms with Crippen molar-refractivity contribution in [2.45, 2.75) is 4.90 Å². The van der Waals surface area contributed by atoms with Gasteiger partial charge in [-0.3, -0.25) is 14.1 Å². The Bertz CT molecular complexity index is 1170. The monoisotopic (exact) mass is 505 g/mol. The number of ether oxygens (including phenoxy) is 2. The molecule has 31 heavy (non-hydrogen) atoms. The maximum Gasteiger partial charge on any atom is 0.264 e.